The third kappa shape index (κ3) is 2.59. The van der Waals surface area contributed by atoms with Gasteiger partial charge in [0.25, 0.3) is 0 Å². The molecule has 0 aromatic heterocycles. The van der Waals surface area contributed by atoms with Gasteiger partial charge in [0.05, 0.1) is 11.6 Å². The molecule has 4 heteroatoms. The van der Waals surface area contributed by atoms with Crippen LogP contribution in [0.2, 0.25) is 0 Å². The Morgan fingerprint density at radius 3 is 2.73 bits per heavy atom. The predicted octanol–water partition coefficient (Wildman–Crippen LogP) is 2.70. The Bertz CT molecular complexity index is 423. The average Bonchev–Trinajstić information content (AvgIpc) is 2.17. The van der Waals surface area contributed by atoms with Gasteiger partial charge in [0.2, 0.25) is 0 Å². The van der Waals surface area contributed by atoms with Crippen LogP contribution in [-0.2, 0) is 0 Å². The zero-order chi connectivity index (χ0) is 11.4. The topological polar surface area (TPSA) is 40.9 Å². The van der Waals surface area contributed by atoms with Crippen molar-refractivity contribution < 1.29 is 13.6 Å². The van der Waals surface area contributed by atoms with Crippen LogP contribution in [0.1, 0.15) is 23.7 Å². The second-order valence-electron chi connectivity index (χ2n) is 3.25. The molecule has 1 aromatic rings. The van der Waals surface area contributed by atoms with Crippen LogP contribution >= 0.6 is 0 Å². The minimum Gasteiger partial charge on any atom is -0.294 e. The average molecular weight is 209 g/mol. The Morgan fingerprint density at radius 2 is 2.20 bits per heavy atom. The van der Waals surface area contributed by atoms with Crippen LogP contribution in [0.3, 0.4) is 0 Å². The maximum Gasteiger partial charge on any atom is 0.169 e. The van der Waals surface area contributed by atoms with Gasteiger partial charge in [0, 0.05) is 18.4 Å². The third-order valence-corrected chi connectivity index (χ3v) is 2.04. The molecule has 2 nitrogen and oxygen atoms in total. The lowest BCUT2D eigenvalue weighted by Gasteiger charge is -2.06. The van der Waals surface area contributed by atoms with Crippen molar-refractivity contribution in [3.05, 3.63) is 35.4 Å². The number of rotatable bonds is 3. The zero-order valence-corrected chi connectivity index (χ0v) is 8.13. The summed E-state index contributed by atoms with van der Waals surface area (Å²) in [7, 11) is 0. The lowest BCUT2D eigenvalue weighted by Crippen LogP contribution is -2.12. The van der Waals surface area contributed by atoms with Gasteiger partial charge in [-0.2, -0.15) is 5.26 Å². The number of carbonyl (C=O) groups excluding carboxylic acids is 1. The Morgan fingerprint density at radius 1 is 1.53 bits per heavy atom. The molecule has 1 rings (SSSR count). The summed E-state index contributed by atoms with van der Waals surface area (Å²) in [6.07, 6.45) is 0.0235. The first-order valence-corrected chi connectivity index (χ1v) is 4.42. The van der Waals surface area contributed by atoms with Gasteiger partial charge in [0.15, 0.2) is 5.78 Å². The highest BCUT2D eigenvalue weighted by Crippen LogP contribution is 2.16. The van der Waals surface area contributed by atoms with E-state index in [0.717, 1.165) is 12.1 Å². The van der Waals surface area contributed by atoms with Crippen LogP contribution < -0.4 is 0 Å². The predicted molar refractivity (Wildman–Crippen MR) is 50.1 cm³/mol. The number of halogens is 2. The highest BCUT2D eigenvalue weighted by molar-refractivity contribution is 5.97. The molecule has 0 aliphatic carbocycles. The number of benzene rings is 1. The molecular weight excluding hydrogens is 200 g/mol. The van der Waals surface area contributed by atoms with Gasteiger partial charge in [-0.3, -0.25) is 4.79 Å². The van der Waals surface area contributed by atoms with Crippen LogP contribution in [-0.4, -0.2) is 5.78 Å². The molecule has 0 bridgehead atoms. The molecule has 0 radical (unpaired) electrons. The Hall–Kier alpha value is -1.76. The van der Waals surface area contributed by atoms with E-state index >= 15 is 0 Å². The molecule has 0 amide bonds. The molecule has 0 spiro atoms. The van der Waals surface area contributed by atoms with E-state index in [-0.39, 0.29) is 12.0 Å². The van der Waals surface area contributed by atoms with Crippen LogP contribution in [0.5, 0.6) is 0 Å². The number of nitrogens with zero attached hydrogens (tertiary/aromatic N) is 1. The fraction of sp³-hybridized carbons (Fsp3) is 0.273. The monoisotopic (exact) mass is 209 g/mol. The molecular formula is C11H9F2NO. The van der Waals surface area contributed by atoms with Crippen molar-refractivity contribution in [2.45, 2.75) is 13.3 Å². The van der Waals surface area contributed by atoms with Crippen molar-refractivity contribution in [1.29, 1.82) is 5.26 Å². The summed E-state index contributed by atoms with van der Waals surface area (Å²) in [5.74, 6) is -2.66. The van der Waals surface area contributed by atoms with Crippen molar-refractivity contribution in [3.63, 3.8) is 0 Å². The summed E-state index contributed by atoms with van der Waals surface area (Å²) in [6.45, 7) is 1.54. The fourth-order valence-electron chi connectivity index (χ4n) is 1.18. The normalized spacial score (nSPS) is 11.9. The molecule has 0 saturated heterocycles. The number of carbonyl (C=O) groups is 1. The van der Waals surface area contributed by atoms with Gasteiger partial charge in [-0.25, -0.2) is 8.78 Å². The van der Waals surface area contributed by atoms with Gasteiger partial charge in [-0.1, -0.05) is 6.92 Å². The SMILES string of the molecule is CC(CC#N)C(=O)c1ccc(F)cc1F. The molecule has 1 atom stereocenters. The number of hydrogen-bond acceptors (Lipinski definition) is 2. The van der Waals surface area contributed by atoms with E-state index in [2.05, 4.69) is 0 Å². The first kappa shape index (κ1) is 11.3. The molecule has 0 heterocycles. The van der Waals surface area contributed by atoms with Crippen LogP contribution in [0, 0.1) is 28.9 Å². The summed E-state index contributed by atoms with van der Waals surface area (Å²) < 4.78 is 25.7. The number of hydrogen-bond donors (Lipinski definition) is 0. The van der Waals surface area contributed by atoms with Crippen molar-refractivity contribution in [1.82, 2.24) is 0 Å². The smallest absolute Gasteiger partial charge is 0.169 e. The van der Waals surface area contributed by atoms with E-state index in [9.17, 15) is 13.6 Å². The third-order valence-electron chi connectivity index (χ3n) is 2.04. The molecule has 0 saturated carbocycles. The minimum atomic E-state index is -0.884. The highest BCUT2D eigenvalue weighted by Gasteiger charge is 2.18. The summed E-state index contributed by atoms with van der Waals surface area (Å²) in [4.78, 5) is 11.6. The van der Waals surface area contributed by atoms with Crippen molar-refractivity contribution in [3.8, 4) is 6.07 Å². The minimum absolute atomic E-state index is 0.0235. The van der Waals surface area contributed by atoms with Crippen molar-refractivity contribution in [2.24, 2.45) is 5.92 Å². The molecule has 78 valence electrons. The number of nitriles is 1. The Kier molecular flexibility index (Phi) is 3.51. The summed E-state index contributed by atoms with van der Waals surface area (Å²) in [5.41, 5.74) is -0.167. The summed E-state index contributed by atoms with van der Waals surface area (Å²) >= 11 is 0. The van der Waals surface area contributed by atoms with E-state index in [1.807, 2.05) is 6.07 Å². The van der Waals surface area contributed by atoms with Crippen LogP contribution in [0.15, 0.2) is 18.2 Å². The first-order valence-electron chi connectivity index (χ1n) is 4.42. The first-order chi connectivity index (χ1) is 7.06. The Balaban J connectivity index is 2.97. The van der Waals surface area contributed by atoms with E-state index in [1.54, 1.807) is 0 Å². The van der Waals surface area contributed by atoms with Gasteiger partial charge < -0.3 is 0 Å². The van der Waals surface area contributed by atoms with Crippen molar-refractivity contribution >= 4 is 5.78 Å². The largest absolute Gasteiger partial charge is 0.294 e. The number of Topliss-reactive ketones (excluding diaryl/α,β-unsaturated/α-hetero) is 1. The van der Waals surface area contributed by atoms with Crippen LogP contribution in [0.25, 0.3) is 0 Å². The fourth-order valence-corrected chi connectivity index (χ4v) is 1.18. The Labute approximate surface area is 86.1 Å². The van der Waals surface area contributed by atoms with E-state index < -0.39 is 23.3 Å². The molecule has 0 N–H and O–H groups in total. The van der Waals surface area contributed by atoms with Gasteiger partial charge in [0.1, 0.15) is 11.6 Å². The van der Waals surface area contributed by atoms with Crippen LogP contribution in [0.4, 0.5) is 8.78 Å². The van der Waals surface area contributed by atoms with E-state index in [4.69, 9.17) is 5.26 Å². The quantitative estimate of drug-likeness (QED) is 0.718. The summed E-state index contributed by atoms with van der Waals surface area (Å²) in [5, 5.41) is 8.39. The summed E-state index contributed by atoms with van der Waals surface area (Å²) in [6, 6.07) is 4.61. The molecule has 0 fully saturated rings. The van der Waals surface area contributed by atoms with E-state index in [1.165, 1.54) is 6.92 Å². The van der Waals surface area contributed by atoms with Gasteiger partial charge in [-0.15, -0.1) is 0 Å². The van der Waals surface area contributed by atoms with Gasteiger partial charge >= 0.3 is 0 Å². The molecule has 1 unspecified atom stereocenters. The second-order valence-corrected chi connectivity index (χ2v) is 3.25. The molecule has 15 heavy (non-hydrogen) atoms. The lowest BCUT2D eigenvalue weighted by atomic mass is 9.97. The van der Waals surface area contributed by atoms with Crippen molar-refractivity contribution in [2.75, 3.05) is 0 Å². The molecule has 0 aliphatic heterocycles. The number of ketones is 1. The molecule has 0 aliphatic rings. The highest BCUT2D eigenvalue weighted by atomic mass is 19.1. The standard InChI is InChI=1S/C11H9F2NO/c1-7(4-5-14)11(15)9-3-2-8(12)6-10(9)13/h2-3,6-7H,4H2,1H3. The zero-order valence-electron chi connectivity index (χ0n) is 8.13. The van der Waals surface area contributed by atoms with E-state index in [0.29, 0.717) is 6.07 Å². The van der Waals surface area contributed by atoms with Gasteiger partial charge in [-0.05, 0) is 12.1 Å². The second kappa shape index (κ2) is 4.65. The molecule has 1 aromatic carbocycles. The lowest BCUT2D eigenvalue weighted by molar-refractivity contribution is 0.0927. The maximum absolute atomic E-state index is 13.2. The maximum atomic E-state index is 13.2.